The SMILES string of the molecule is CN=C/C(=C\N)c1cc2c(cc1C(F)F)N(c1nn(C3CCN(CC4CCN(c5ccc(C(=O)O)cc5)CC4(C)C)CC3)c3c1CN(C(C)=O)CC3)CCC2. The van der Waals surface area contributed by atoms with Crippen molar-refractivity contribution < 1.29 is 23.5 Å². The van der Waals surface area contributed by atoms with Gasteiger partial charge in [0.15, 0.2) is 5.82 Å². The highest BCUT2D eigenvalue weighted by Gasteiger charge is 2.39. The van der Waals surface area contributed by atoms with E-state index in [0.29, 0.717) is 48.7 Å². The maximum atomic E-state index is 14.7. The minimum absolute atomic E-state index is 0.0184. The number of nitrogens with zero attached hydrogens (tertiary/aromatic N) is 7. The lowest BCUT2D eigenvalue weighted by atomic mass is 9.73. The standard InChI is InChI=1S/C42H54F2N8O3/c1-27(53)49-19-14-37-36(25-49)40(51-15-5-6-29-20-34(30(22-45)23-46-4)35(39(43)44)21-38(29)51)47-52(37)33-12-16-48(17-13-33)24-31-11-18-50(26-42(31,2)3)32-9-7-28(8-10-32)41(54)55/h7-10,20-23,31,33,39H,5-6,11-19,24-26,45H2,1-4H3,(H,54,55)/b30-22+,46-23?. The third-order valence-electron chi connectivity index (χ3n) is 12.4. The normalized spacial score (nSPS) is 21.0. The minimum atomic E-state index is -2.70. The molecule has 1 atom stereocenters. The van der Waals surface area contributed by atoms with E-state index in [-0.39, 0.29) is 22.9 Å². The Hall–Kier alpha value is -4.78. The molecule has 4 aliphatic heterocycles. The summed E-state index contributed by atoms with van der Waals surface area (Å²) >= 11 is 0. The molecule has 2 fully saturated rings. The molecular formula is C42H54F2N8O3. The van der Waals surface area contributed by atoms with E-state index in [1.54, 1.807) is 32.2 Å². The molecule has 1 aromatic heterocycles. The predicted molar refractivity (Wildman–Crippen MR) is 213 cm³/mol. The van der Waals surface area contributed by atoms with Gasteiger partial charge in [-0.05, 0) is 91.0 Å². The van der Waals surface area contributed by atoms with Crippen molar-refractivity contribution in [2.24, 2.45) is 22.1 Å². The number of benzene rings is 2. The van der Waals surface area contributed by atoms with E-state index in [1.165, 1.54) is 12.4 Å². The van der Waals surface area contributed by atoms with E-state index in [2.05, 4.69) is 38.2 Å². The van der Waals surface area contributed by atoms with Crippen molar-refractivity contribution in [3.63, 3.8) is 0 Å². The quantitative estimate of drug-likeness (QED) is 0.232. The van der Waals surface area contributed by atoms with E-state index in [1.807, 2.05) is 23.1 Å². The van der Waals surface area contributed by atoms with Crippen molar-refractivity contribution in [1.82, 2.24) is 19.6 Å². The Bertz CT molecular complexity index is 1970. The van der Waals surface area contributed by atoms with E-state index in [9.17, 15) is 23.5 Å². The number of fused-ring (bicyclic) bond motifs is 2. The number of hydrogen-bond acceptors (Lipinski definition) is 8. The predicted octanol–water partition coefficient (Wildman–Crippen LogP) is 6.70. The van der Waals surface area contributed by atoms with Crippen LogP contribution in [0.15, 0.2) is 47.6 Å². The van der Waals surface area contributed by atoms with Gasteiger partial charge in [-0.1, -0.05) is 13.8 Å². The van der Waals surface area contributed by atoms with Gasteiger partial charge in [-0.25, -0.2) is 13.6 Å². The summed E-state index contributed by atoms with van der Waals surface area (Å²) < 4.78 is 31.5. The van der Waals surface area contributed by atoms with Crippen LogP contribution in [0.1, 0.15) is 97.2 Å². The number of likely N-dealkylation sites (tertiary alicyclic amines) is 1. The highest BCUT2D eigenvalue weighted by atomic mass is 19.3. The van der Waals surface area contributed by atoms with E-state index in [4.69, 9.17) is 10.8 Å². The fourth-order valence-corrected chi connectivity index (χ4v) is 9.29. The van der Waals surface area contributed by atoms with Crippen LogP contribution in [0.25, 0.3) is 5.57 Å². The maximum absolute atomic E-state index is 14.7. The molecule has 294 valence electrons. The van der Waals surface area contributed by atoms with Crippen LogP contribution >= 0.6 is 0 Å². The van der Waals surface area contributed by atoms with Crippen molar-refractivity contribution in [3.8, 4) is 0 Å². The van der Waals surface area contributed by atoms with Crippen LogP contribution in [0.2, 0.25) is 0 Å². The number of carboxylic acid groups (broad SMARTS) is 1. The molecule has 1 unspecified atom stereocenters. The van der Waals surface area contributed by atoms with Gasteiger partial charge in [0.1, 0.15) is 0 Å². The number of halogens is 2. The first-order valence-corrected chi connectivity index (χ1v) is 19.6. The van der Waals surface area contributed by atoms with Gasteiger partial charge in [0, 0.05) is 112 Å². The van der Waals surface area contributed by atoms with Gasteiger partial charge in [0.2, 0.25) is 5.91 Å². The molecule has 7 rings (SSSR count). The topological polar surface area (TPSA) is 124 Å². The molecule has 55 heavy (non-hydrogen) atoms. The van der Waals surface area contributed by atoms with E-state index in [0.717, 1.165) is 98.8 Å². The Labute approximate surface area is 322 Å². The van der Waals surface area contributed by atoms with Crippen LogP contribution < -0.4 is 15.5 Å². The molecule has 0 spiro atoms. The van der Waals surface area contributed by atoms with Crippen LogP contribution in [-0.4, -0.2) is 95.6 Å². The lowest BCUT2D eigenvalue weighted by Gasteiger charge is -2.47. The first-order chi connectivity index (χ1) is 26.4. The van der Waals surface area contributed by atoms with Crippen molar-refractivity contribution >= 4 is 40.9 Å². The number of amides is 1. The number of aromatic nitrogens is 2. The number of carbonyl (C=O) groups excluding carboxylic acids is 1. The number of aryl methyl sites for hydroxylation is 1. The molecule has 0 radical (unpaired) electrons. The molecule has 5 heterocycles. The Morgan fingerprint density at radius 3 is 2.44 bits per heavy atom. The fourth-order valence-electron chi connectivity index (χ4n) is 9.29. The van der Waals surface area contributed by atoms with Gasteiger partial charge < -0.3 is 30.4 Å². The summed E-state index contributed by atoms with van der Waals surface area (Å²) in [6, 6.07) is 10.9. The third kappa shape index (κ3) is 7.72. The molecule has 3 N–H and O–H groups in total. The molecule has 0 aliphatic carbocycles. The number of piperidine rings is 2. The summed E-state index contributed by atoms with van der Waals surface area (Å²) in [6.45, 7) is 12.8. The first-order valence-electron chi connectivity index (χ1n) is 19.6. The van der Waals surface area contributed by atoms with Crippen molar-refractivity contribution in [2.45, 2.75) is 78.3 Å². The molecule has 13 heteroatoms. The fraction of sp³-hybridized carbons (Fsp3) is 0.524. The second-order valence-corrected chi connectivity index (χ2v) is 16.3. The Morgan fingerprint density at radius 1 is 1.05 bits per heavy atom. The van der Waals surface area contributed by atoms with Gasteiger partial charge in [0.25, 0.3) is 6.43 Å². The Morgan fingerprint density at radius 2 is 1.80 bits per heavy atom. The number of allylic oxidation sites excluding steroid dienone is 1. The largest absolute Gasteiger partial charge is 0.478 e. The van der Waals surface area contributed by atoms with Gasteiger partial charge in [0.05, 0.1) is 18.2 Å². The number of carbonyl (C=O) groups is 2. The number of anilines is 3. The summed E-state index contributed by atoms with van der Waals surface area (Å²) in [5.41, 5.74) is 12.0. The number of carboxylic acids is 1. The molecule has 2 saturated heterocycles. The minimum Gasteiger partial charge on any atom is -0.478 e. The average Bonchev–Trinajstić information content (AvgIpc) is 3.55. The van der Waals surface area contributed by atoms with Crippen molar-refractivity contribution in [2.75, 3.05) is 62.7 Å². The zero-order valence-electron chi connectivity index (χ0n) is 32.5. The second-order valence-electron chi connectivity index (χ2n) is 16.3. The molecule has 3 aromatic rings. The third-order valence-corrected chi connectivity index (χ3v) is 12.4. The van der Waals surface area contributed by atoms with Crippen molar-refractivity contribution in [3.05, 3.63) is 76.1 Å². The van der Waals surface area contributed by atoms with Crippen molar-refractivity contribution in [1.29, 1.82) is 0 Å². The lowest BCUT2D eigenvalue weighted by Crippen LogP contribution is -2.50. The summed E-state index contributed by atoms with van der Waals surface area (Å²) in [5, 5.41) is 14.6. The van der Waals surface area contributed by atoms with Crippen LogP contribution in [-0.2, 0) is 24.2 Å². The summed E-state index contributed by atoms with van der Waals surface area (Å²) in [6.07, 6.45) is 5.43. The number of nitrogens with two attached hydrogens (primary N) is 1. The highest BCUT2D eigenvalue weighted by molar-refractivity contribution is 6.10. The summed E-state index contributed by atoms with van der Waals surface area (Å²) in [7, 11) is 1.60. The lowest BCUT2D eigenvalue weighted by molar-refractivity contribution is -0.129. The van der Waals surface area contributed by atoms with Crippen LogP contribution in [0.4, 0.5) is 26.0 Å². The Balaban J connectivity index is 1.10. The summed E-state index contributed by atoms with van der Waals surface area (Å²) in [4.78, 5) is 37.0. The number of aromatic carboxylic acids is 1. The molecule has 11 nitrogen and oxygen atoms in total. The van der Waals surface area contributed by atoms with Crippen LogP contribution in [0, 0.1) is 11.3 Å². The number of hydrogen-bond donors (Lipinski definition) is 2. The van der Waals surface area contributed by atoms with Gasteiger partial charge in [-0.2, -0.15) is 5.10 Å². The molecule has 0 saturated carbocycles. The average molecular weight is 757 g/mol. The van der Waals surface area contributed by atoms with E-state index >= 15 is 0 Å². The zero-order chi connectivity index (χ0) is 39.0. The van der Waals surface area contributed by atoms with Crippen LogP contribution in [0.5, 0.6) is 0 Å². The molecular weight excluding hydrogens is 703 g/mol. The Kier molecular flexibility index (Phi) is 11.0. The monoisotopic (exact) mass is 756 g/mol. The highest BCUT2D eigenvalue weighted by Crippen LogP contribution is 2.43. The van der Waals surface area contributed by atoms with Gasteiger partial charge >= 0.3 is 5.97 Å². The van der Waals surface area contributed by atoms with Crippen LogP contribution in [0.3, 0.4) is 0 Å². The number of aliphatic imine (C=N–C) groups is 1. The maximum Gasteiger partial charge on any atom is 0.335 e. The van der Waals surface area contributed by atoms with E-state index < -0.39 is 12.4 Å². The molecule has 4 aliphatic rings. The first kappa shape index (κ1) is 38.5. The smallest absolute Gasteiger partial charge is 0.335 e. The molecule has 2 aromatic carbocycles. The second kappa shape index (κ2) is 15.8. The molecule has 0 bridgehead atoms. The van der Waals surface area contributed by atoms with Gasteiger partial charge in [-0.15, -0.1) is 0 Å². The van der Waals surface area contributed by atoms with Gasteiger partial charge in [-0.3, -0.25) is 14.5 Å². The number of alkyl halides is 2. The molecule has 1 amide bonds. The summed E-state index contributed by atoms with van der Waals surface area (Å²) in [5.74, 6) is 0.412. The zero-order valence-corrected chi connectivity index (χ0v) is 32.5. The number of rotatable bonds is 9.